The Morgan fingerprint density at radius 1 is 0.977 bits per heavy atom. The largest absolute Gasteiger partial charge is 0.381 e. The number of fused-ring (bicyclic) bond motifs is 4. The fourth-order valence-corrected chi connectivity index (χ4v) is 7.83. The number of ether oxygens (including phenoxy) is 1. The van der Waals surface area contributed by atoms with E-state index in [1.54, 1.807) is 19.4 Å². The van der Waals surface area contributed by atoms with Crippen LogP contribution in [0.25, 0.3) is 11.1 Å². The molecule has 2 heterocycles. The fraction of sp³-hybridized carbons (Fsp3) is 0.444. The molecule has 7 rings (SSSR count). The van der Waals surface area contributed by atoms with E-state index in [1.807, 2.05) is 36.4 Å². The number of nitrogens with zero attached hydrogens (tertiary/aromatic N) is 1. The third-order valence-corrected chi connectivity index (χ3v) is 10.6. The van der Waals surface area contributed by atoms with Gasteiger partial charge in [0.15, 0.2) is 11.6 Å². The van der Waals surface area contributed by atoms with E-state index >= 15 is 0 Å². The summed E-state index contributed by atoms with van der Waals surface area (Å²) in [4.78, 5) is 53.9. The number of ketones is 2. The van der Waals surface area contributed by atoms with Crippen LogP contribution in [-0.2, 0) is 33.6 Å². The van der Waals surface area contributed by atoms with Gasteiger partial charge in [-0.15, -0.1) is 0 Å². The number of rotatable bonds is 7. The first kappa shape index (κ1) is 29.2. The number of pyridine rings is 1. The van der Waals surface area contributed by atoms with Crippen LogP contribution in [0.2, 0.25) is 5.02 Å². The highest BCUT2D eigenvalue weighted by Crippen LogP contribution is 2.54. The van der Waals surface area contributed by atoms with E-state index in [9.17, 15) is 19.2 Å². The molecular weight excluding hydrogens is 576 g/mol. The van der Waals surface area contributed by atoms with Crippen molar-refractivity contribution in [2.45, 2.75) is 82.8 Å². The number of Topliss-reactive ketones (excluding diaryl/α,β-unsaturated/α-hetero) is 2. The molecule has 44 heavy (non-hydrogen) atoms. The minimum atomic E-state index is -0.711. The van der Waals surface area contributed by atoms with Crippen LogP contribution in [0.15, 0.2) is 53.5 Å². The van der Waals surface area contributed by atoms with Crippen molar-refractivity contribution in [3.63, 3.8) is 0 Å². The smallest absolute Gasteiger partial charge is 0.251 e. The lowest BCUT2D eigenvalue weighted by Gasteiger charge is -2.31. The molecule has 1 unspecified atom stereocenters. The zero-order valence-electron chi connectivity index (χ0n) is 25.0. The number of anilines is 1. The normalized spacial score (nSPS) is 22.3. The van der Waals surface area contributed by atoms with E-state index in [4.69, 9.17) is 16.3 Å². The summed E-state index contributed by atoms with van der Waals surface area (Å²) >= 11 is 6.43. The Hall–Kier alpha value is -3.55. The summed E-state index contributed by atoms with van der Waals surface area (Å²) in [5.74, 6) is 0.148. The lowest BCUT2D eigenvalue weighted by Crippen LogP contribution is -2.34. The van der Waals surface area contributed by atoms with Crippen molar-refractivity contribution >= 4 is 34.8 Å². The number of hydrogen-bond donors (Lipinski definition) is 1. The maximum absolute atomic E-state index is 14.2. The van der Waals surface area contributed by atoms with Crippen molar-refractivity contribution in [2.24, 2.45) is 11.3 Å². The zero-order chi connectivity index (χ0) is 30.6. The van der Waals surface area contributed by atoms with E-state index in [1.165, 1.54) is 4.57 Å². The highest BCUT2D eigenvalue weighted by molar-refractivity contribution is 6.31. The second kappa shape index (κ2) is 11.4. The summed E-state index contributed by atoms with van der Waals surface area (Å²) in [6.07, 6.45) is 9.76. The predicted octanol–water partition coefficient (Wildman–Crippen LogP) is 6.52. The predicted molar refractivity (Wildman–Crippen MR) is 169 cm³/mol. The highest BCUT2D eigenvalue weighted by atomic mass is 35.5. The monoisotopic (exact) mass is 612 g/mol. The molecule has 2 saturated carbocycles. The number of carbonyl (C=O) groups excluding carboxylic acids is 3. The lowest BCUT2D eigenvalue weighted by atomic mass is 9.80. The number of methoxy groups -OCH3 is 1. The number of nitrogens with one attached hydrogen (secondary N) is 1. The molecule has 1 spiro atoms. The first-order valence-electron chi connectivity index (χ1n) is 15.8. The lowest BCUT2D eigenvalue weighted by molar-refractivity contribution is -0.122. The third-order valence-electron chi connectivity index (χ3n) is 10.4. The number of hydrogen-bond acceptors (Lipinski definition) is 5. The van der Waals surface area contributed by atoms with Crippen molar-refractivity contribution in [3.05, 3.63) is 86.3 Å². The molecule has 3 aromatic rings. The van der Waals surface area contributed by atoms with E-state index in [0.29, 0.717) is 35.4 Å². The average molecular weight is 613 g/mol. The summed E-state index contributed by atoms with van der Waals surface area (Å²) < 4.78 is 7.11. The average Bonchev–Trinajstić information content (AvgIpc) is 3.65. The van der Waals surface area contributed by atoms with Crippen LogP contribution < -0.4 is 10.9 Å². The van der Waals surface area contributed by atoms with Crippen molar-refractivity contribution in [1.29, 1.82) is 0 Å². The van der Waals surface area contributed by atoms with Gasteiger partial charge in [-0.3, -0.25) is 19.2 Å². The Kier molecular flexibility index (Phi) is 7.58. The topological polar surface area (TPSA) is 94.5 Å². The number of amides is 1. The maximum Gasteiger partial charge on any atom is 0.251 e. The van der Waals surface area contributed by atoms with Gasteiger partial charge in [0.1, 0.15) is 0 Å². The molecule has 2 fully saturated rings. The van der Waals surface area contributed by atoms with E-state index in [0.717, 1.165) is 72.9 Å². The molecule has 1 aromatic heterocycles. The molecule has 3 aliphatic carbocycles. The molecule has 0 radical (unpaired) electrons. The van der Waals surface area contributed by atoms with E-state index in [2.05, 4.69) is 5.32 Å². The van der Waals surface area contributed by atoms with Crippen LogP contribution in [0.5, 0.6) is 0 Å². The first-order chi connectivity index (χ1) is 21.2. The van der Waals surface area contributed by atoms with Gasteiger partial charge in [-0.1, -0.05) is 29.8 Å². The Morgan fingerprint density at radius 3 is 2.52 bits per heavy atom. The van der Waals surface area contributed by atoms with Crippen molar-refractivity contribution in [1.82, 2.24) is 4.57 Å². The van der Waals surface area contributed by atoms with Gasteiger partial charge in [0.25, 0.3) is 5.56 Å². The summed E-state index contributed by atoms with van der Waals surface area (Å²) in [5, 5.41) is 3.40. The molecule has 1 aliphatic heterocycles. The van der Waals surface area contributed by atoms with Gasteiger partial charge in [0, 0.05) is 48.5 Å². The van der Waals surface area contributed by atoms with Gasteiger partial charge < -0.3 is 14.6 Å². The molecule has 228 valence electrons. The SMILES string of the molecule is COC1CCC(CC(C(=O)Cc2ccc3c(c2)CC(=O)N3)n2cc3c(cc2=O)-c2cc(Cl)ccc2CC2(CC2)CC3=O)CC1. The second-order valence-electron chi connectivity index (χ2n) is 13.4. The fourth-order valence-electron chi connectivity index (χ4n) is 7.65. The molecule has 1 N–H and O–H groups in total. The number of halogens is 1. The minimum absolute atomic E-state index is 0.0134. The molecule has 4 aliphatic rings. The summed E-state index contributed by atoms with van der Waals surface area (Å²) in [6, 6.07) is 12.2. The van der Waals surface area contributed by atoms with E-state index in [-0.39, 0.29) is 46.9 Å². The van der Waals surface area contributed by atoms with Crippen LogP contribution in [0, 0.1) is 11.3 Å². The zero-order valence-corrected chi connectivity index (χ0v) is 25.8. The maximum atomic E-state index is 14.2. The van der Waals surface area contributed by atoms with Crippen molar-refractivity contribution in [3.8, 4) is 11.1 Å². The number of benzene rings is 2. The quantitative estimate of drug-likeness (QED) is 0.328. The van der Waals surface area contributed by atoms with Gasteiger partial charge in [-0.2, -0.15) is 0 Å². The first-order valence-corrected chi connectivity index (χ1v) is 16.1. The highest BCUT2D eigenvalue weighted by Gasteiger charge is 2.46. The Balaban J connectivity index is 1.27. The van der Waals surface area contributed by atoms with Gasteiger partial charge in [0.2, 0.25) is 5.91 Å². The van der Waals surface area contributed by atoms with Gasteiger partial charge in [-0.25, -0.2) is 0 Å². The molecule has 0 saturated heterocycles. The third kappa shape index (κ3) is 5.68. The Morgan fingerprint density at radius 2 is 1.77 bits per heavy atom. The Bertz CT molecular complexity index is 1730. The summed E-state index contributed by atoms with van der Waals surface area (Å²) in [7, 11) is 1.74. The molecule has 8 heteroatoms. The molecular formula is C36H37ClN2O5. The van der Waals surface area contributed by atoms with Crippen molar-refractivity contribution < 1.29 is 19.1 Å². The van der Waals surface area contributed by atoms with Crippen LogP contribution >= 0.6 is 11.6 Å². The molecule has 0 bridgehead atoms. The van der Waals surface area contributed by atoms with Gasteiger partial charge in [0.05, 0.1) is 18.6 Å². The second-order valence-corrected chi connectivity index (χ2v) is 13.9. The van der Waals surface area contributed by atoms with Crippen molar-refractivity contribution in [2.75, 3.05) is 12.4 Å². The van der Waals surface area contributed by atoms with Crippen LogP contribution in [-0.4, -0.2) is 35.3 Å². The number of aromatic nitrogens is 1. The standard InChI is InChI=1S/C36H37ClN2O5/c1-44-26-7-2-21(3-8-26)13-31(32(40)14-22-4-9-30-24(12-22)15-34(42)38-30)39-20-29-28(17-35(39)43)27-16-25(37)6-5-23(27)18-36(10-11-36)19-33(29)41/h4-6,9,12,16-17,20-21,26,31H,2-3,7-8,10-11,13-15,18-19H2,1H3,(H,38,42). The molecule has 1 atom stereocenters. The minimum Gasteiger partial charge on any atom is -0.381 e. The van der Waals surface area contributed by atoms with Crippen LogP contribution in [0.4, 0.5) is 5.69 Å². The molecule has 2 aromatic carbocycles. The van der Waals surface area contributed by atoms with Crippen LogP contribution in [0.3, 0.4) is 0 Å². The summed E-state index contributed by atoms with van der Waals surface area (Å²) in [5.41, 5.74) is 5.16. The van der Waals surface area contributed by atoms with E-state index < -0.39 is 6.04 Å². The Labute approximate surface area is 261 Å². The number of carbonyl (C=O) groups is 3. The summed E-state index contributed by atoms with van der Waals surface area (Å²) in [6.45, 7) is 0. The van der Waals surface area contributed by atoms with Crippen LogP contribution in [0.1, 0.15) is 84.5 Å². The molecule has 1 amide bonds. The molecule has 7 nitrogen and oxygen atoms in total. The van der Waals surface area contributed by atoms with Gasteiger partial charge >= 0.3 is 0 Å². The van der Waals surface area contributed by atoms with Gasteiger partial charge in [-0.05, 0) is 109 Å².